The van der Waals surface area contributed by atoms with Crippen LogP contribution in [0.5, 0.6) is 0 Å². The van der Waals surface area contributed by atoms with Gasteiger partial charge in [-0.3, -0.25) is 4.79 Å². The first-order valence-corrected chi connectivity index (χ1v) is 10.0. The molecule has 0 aromatic heterocycles. The number of hydrogen-bond donors (Lipinski definition) is 0. The maximum Gasteiger partial charge on any atom is 0.288 e. The van der Waals surface area contributed by atoms with E-state index in [1.807, 2.05) is 24.3 Å². The SMILES string of the molecule is O=C(c1ccccc1SC(F)F)N1CCSC1c1ccc(Br)cc1. The number of nitrogens with zero attached hydrogens (tertiary/aromatic N) is 1. The van der Waals surface area contributed by atoms with Gasteiger partial charge in [-0.25, -0.2) is 0 Å². The Balaban J connectivity index is 1.87. The average molecular weight is 430 g/mol. The molecule has 1 fully saturated rings. The highest BCUT2D eigenvalue weighted by molar-refractivity contribution is 9.10. The van der Waals surface area contributed by atoms with E-state index in [1.54, 1.807) is 40.9 Å². The summed E-state index contributed by atoms with van der Waals surface area (Å²) >= 11 is 5.51. The minimum Gasteiger partial charge on any atom is -0.322 e. The Kier molecular flexibility index (Phi) is 5.84. The Hall–Kier alpha value is -1.05. The van der Waals surface area contributed by atoms with Gasteiger partial charge in [0.05, 0.1) is 5.56 Å². The van der Waals surface area contributed by atoms with Gasteiger partial charge in [0.1, 0.15) is 5.37 Å². The second kappa shape index (κ2) is 7.89. The van der Waals surface area contributed by atoms with E-state index in [2.05, 4.69) is 15.9 Å². The summed E-state index contributed by atoms with van der Waals surface area (Å²) in [6.07, 6.45) is 0. The van der Waals surface area contributed by atoms with Crippen LogP contribution in [0.15, 0.2) is 57.9 Å². The van der Waals surface area contributed by atoms with Crippen molar-refractivity contribution in [3.63, 3.8) is 0 Å². The van der Waals surface area contributed by atoms with Crippen molar-refractivity contribution in [3.8, 4) is 0 Å². The van der Waals surface area contributed by atoms with Crippen molar-refractivity contribution in [2.75, 3.05) is 12.3 Å². The van der Waals surface area contributed by atoms with E-state index >= 15 is 0 Å². The number of carbonyl (C=O) groups is 1. The highest BCUT2D eigenvalue weighted by Crippen LogP contribution is 2.40. The monoisotopic (exact) mass is 429 g/mol. The summed E-state index contributed by atoms with van der Waals surface area (Å²) in [5.41, 5.74) is 1.38. The second-order valence-electron chi connectivity index (χ2n) is 5.15. The molecule has 2 aromatic carbocycles. The number of carbonyl (C=O) groups excluding carboxylic acids is 1. The number of benzene rings is 2. The molecular weight excluding hydrogens is 416 g/mol. The van der Waals surface area contributed by atoms with E-state index in [0.717, 1.165) is 15.8 Å². The first-order valence-electron chi connectivity index (χ1n) is 7.28. The molecule has 1 amide bonds. The summed E-state index contributed by atoms with van der Waals surface area (Å²) in [7, 11) is 0. The number of alkyl halides is 2. The molecule has 2 nitrogen and oxygen atoms in total. The molecule has 1 aliphatic heterocycles. The van der Waals surface area contributed by atoms with Crippen LogP contribution in [0.25, 0.3) is 0 Å². The number of thioether (sulfide) groups is 2. The van der Waals surface area contributed by atoms with Crippen LogP contribution in [-0.2, 0) is 0 Å². The van der Waals surface area contributed by atoms with Crippen molar-refractivity contribution in [3.05, 3.63) is 64.1 Å². The number of halogens is 3. The van der Waals surface area contributed by atoms with Crippen LogP contribution in [0.4, 0.5) is 8.78 Å². The molecule has 0 radical (unpaired) electrons. The van der Waals surface area contributed by atoms with Crippen molar-refractivity contribution < 1.29 is 13.6 Å². The predicted molar refractivity (Wildman–Crippen MR) is 98.7 cm³/mol. The van der Waals surface area contributed by atoms with Gasteiger partial charge in [0.2, 0.25) is 0 Å². The molecule has 1 heterocycles. The summed E-state index contributed by atoms with van der Waals surface area (Å²) in [4.78, 5) is 15.0. The van der Waals surface area contributed by atoms with Crippen molar-refractivity contribution in [1.82, 2.24) is 4.90 Å². The van der Waals surface area contributed by atoms with Gasteiger partial charge in [-0.2, -0.15) is 8.78 Å². The minimum atomic E-state index is -2.55. The molecule has 0 aliphatic carbocycles. The highest BCUT2D eigenvalue weighted by Gasteiger charge is 2.32. The maximum absolute atomic E-state index is 12.9. The standard InChI is InChI=1S/C17H14BrF2NOS2/c18-12-7-5-11(6-8-12)16-21(9-10-23-16)15(22)13-3-1-2-4-14(13)24-17(19)20/h1-8,16-17H,9-10H2. The van der Waals surface area contributed by atoms with Crippen LogP contribution in [0.2, 0.25) is 0 Å². The third-order valence-corrected chi connectivity index (χ3v) is 6.22. The Morgan fingerprint density at radius 1 is 1.21 bits per heavy atom. The zero-order valence-electron chi connectivity index (χ0n) is 12.5. The fourth-order valence-corrected chi connectivity index (χ4v) is 4.73. The third-order valence-electron chi connectivity index (χ3n) is 3.64. The molecule has 0 spiro atoms. The van der Waals surface area contributed by atoms with Crippen LogP contribution in [0.3, 0.4) is 0 Å². The first-order chi connectivity index (χ1) is 11.6. The normalized spacial score (nSPS) is 17.5. The third kappa shape index (κ3) is 3.95. The molecule has 1 unspecified atom stereocenters. The van der Waals surface area contributed by atoms with Crippen LogP contribution < -0.4 is 0 Å². The van der Waals surface area contributed by atoms with Gasteiger partial charge in [0, 0.05) is 21.7 Å². The molecule has 1 saturated heterocycles. The van der Waals surface area contributed by atoms with Crippen LogP contribution >= 0.6 is 39.5 Å². The van der Waals surface area contributed by atoms with Gasteiger partial charge in [-0.1, -0.05) is 52.0 Å². The Morgan fingerprint density at radius 3 is 2.62 bits per heavy atom. The molecule has 2 aromatic rings. The molecule has 1 atom stereocenters. The van der Waals surface area contributed by atoms with Crippen molar-refractivity contribution in [2.24, 2.45) is 0 Å². The first kappa shape index (κ1) is 17.8. The summed E-state index contributed by atoms with van der Waals surface area (Å²) < 4.78 is 26.5. The number of amides is 1. The van der Waals surface area contributed by atoms with Gasteiger partial charge < -0.3 is 4.90 Å². The highest BCUT2D eigenvalue weighted by atomic mass is 79.9. The Bertz CT molecular complexity index is 727. The van der Waals surface area contributed by atoms with E-state index < -0.39 is 5.76 Å². The van der Waals surface area contributed by atoms with Gasteiger partial charge >= 0.3 is 0 Å². The topological polar surface area (TPSA) is 20.3 Å². The minimum absolute atomic E-state index is 0.0878. The number of rotatable bonds is 4. The summed E-state index contributed by atoms with van der Waals surface area (Å²) in [6, 6.07) is 14.4. The fourth-order valence-electron chi connectivity index (χ4n) is 2.58. The van der Waals surface area contributed by atoms with Gasteiger partial charge in [-0.05, 0) is 29.8 Å². The van der Waals surface area contributed by atoms with Gasteiger partial charge in [0.15, 0.2) is 0 Å². The molecule has 7 heteroatoms. The molecule has 0 saturated carbocycles. The van der Waals surface area contributed by atoms with E-state index in [-0.39, 0.29) is 11.3 Å². The van der Waals surface area contributed by atoms with Crippen LogP contribution in [0.1, 0.15) is 21.3 Å². The van der Waals surface area contributed by atoms with E-state index in [9.17, 15) is 13.6 Å². The largest absolute Gasteiger partial charge is 0.322 e. The number of hydrogen-bond acceptors (Lipinski definition) is 3. The fraction of sp³-hybridized carbons (Fsp3) is 0.235. The molecule has 1 aliphatic rings. The van der Waals surface area contributed by atoms with Crippen molar-refractivity contribution >= 4 is 45.4 Å². The zero-order chi connectivity index (χ0) is 17.1. The lowest BCUT2D eigenvalue weighted by Crippen LogP contribution is -2.30. The Labute approximate surface area is 156 Å². The van der Waals surface area contributed by atoms with Crippen LogP contribution in [-0.4, -0.2) is 28.9 Å². The molecule has 3 rings (SSSR count). The second-order valence-corrected chi connectivity index (χ2v) is 8.28. The van der Waals surface area contributed by atoms with Gasteiger partial charge in [0.25, 0.3) is 11.7 Å². The smallest absolute Gasteiger partial charge is 0.288 e. The Morgan fingerprint density at radius 2 is 1.92 bits per heavy atom. The summed E-state index contributed by atoms with van der Waals surface area (Å²) in [6.45, 7) is 0.609. The molecular formula is C17H14BrF2NOS2. The lowest BCUT2D eigenvalue weighted by Gasteiger charge is -2.25. The molecule has 0 bridgehead atoms. The maximum atomic E-state index is 12.9. The van der Waals surface area contributed by atoms with Crippen molar-refractivity contribution in [2.45, 2.75) is 16.0 Å². The van der Waals surface area contributed by atoms with E-state index in [0.29, 0.717) is 28.8 Å². The van der Waals surface area contributed by atoms with Gasteiger partial charge in [-0.15, -0.1) is 11.8 Å². The predicted octanol–water partition coefficient (Wildman–Crippen LogP) is 5.65. The lowest BCUT2D eigenvalue weighted by atomic mass is 10.1. The van der Waals surface area contributed by atoms with Crippen LogP contribution in [0, 0.1) is 0 Å². The quantitative estimate of drug-likeness (QED) is 0.585. The van der Waals surface area contributed by atoms with Crippen molar-refractivity contribution in [1.29, 1.82) is 0 Å². The summed E-state index contributed by atoms with van der Waals surface area (Å²) in [5, 5.41) is -0.0878. The molecule has 0 N–H and O–H groups in total. The zero-order valence-corrected chi connectivity index (χ0v) is 15.7. The average Bonchev–Trinajstić information content (AvgIpc) is 3.04. The molecule has 24 heavy (non-hydrogen) atoms. The lowest BCUT2D eigenvalue weighted by molar-refractivity contribution is 0.0757. The van der Waals surface area contributed by atoms with E-state index in [1.165, 1.54) is 0 Å². The van der Waals surface area contributed by atoms with E-state index in [4.69, 9.17) is 0 Å². The summed E-state index contributed by atoms with van der Waals surface area (Å²) in [5.74, 6) is -1.91. The molecule has 126 valence electrons.